The van der Waals surface area contributed by atoms with Crippen LogP contribution in [0.1, 0.15) is 39.2 Å². The summed E-state index contributed by atoms with van der Waals surface area (Å²) in [4.78, 5) is 6.95. The Morgan fingerprint density at radius 2 is 1.96 bits per heavy atom. The molecular formula is C22H39IN4O. The van der Waals surface area contributed by atoms with Crippen LogP contribution in [0.25, 0.3) is 0 Å². The Bertz CT molecular complexity index is 553. The van der Waals surface area contributed by atoms with Crippen molar-refractivity contribution in [3.05, 3.63) is 35.9 Å². The maximum Gasteiger partial charge on any atom is 0.190 e. The normalized spacial score (nSPS) is 19.2. The Hall–Kier alpha value is -0.860. The van der Waals surface area contributed by atoms with Gasteiger partial charge in [-0.1, -0.05) is 37.3 Å². The number of aliphatic imine (C=N–C) groups is 1. The maximum absolute atomic E-state index is 5.83. The summed E-state index contributed by atoms with van der Waals surface area (Å²) in [5, 5.41) is 6.94. The lowest BCUT2D eigenvalue weighted by Crippen LogP contribution is -2.46. The van der Waals surface area contributed by atoms with Crippen LogP contribution in [0.3, 0.4) is 0 Å². The third-order valence-corrected chi connectivity index (χ3v) is 5.19. The molecule has 0 bridgehead atoms. The summed E-state index contributed by atoms with van der Waals surface area (Å²) in [6, 6.07) is 11.0. The van der Waals surface area contributed by atoms with Gasteiger partial charge in [-0.15, -0.1) is 24.0 Å². The molecule has 2 atom stereocenters. The second kappa shape index (κ2) is 14.2. The van der Waals surface area contributed by atoms with Crippen LogP contribution in [0.2, 0.25) is 0 Å². The molecule has 0 saturated carbocycles. The number of hydrogen-bond acceptors (Lipinski definition) is 3. The number of hydrogen-bond donors (Lipinski definition) is 2. The molecular weight excluding hydrogens is 463 g/mol. The van der Waals surface area contributed by atoms with Crippen LogP contribution < -0.4 is 10.6 Å². The first-order valence-electron chi connectivity index (χ1n) is 10.4. The Kier molecular flexibility index (Phi) is 12.7. The molecule has 1 heterocycles. The number of ether oxygens (including phenoxy) is 1. The molecule has 1 saturated heterocycles. The third-order valence-electron chi connectivity index (χ3n) is 5.19. The smallest absolute Gasteiger partial charge is 0.190 e. The molecule has 2 unspecified atom stereocenters. The first kappa shape index (κ1) is 25.2. The minimum absolute atomic E-state index is 0. The highest BCUT2D eigenvalue weighted by Crippen LogP contribution is 2.17. The van der Waals surface area contributed by atoms with Gasteiger partial charge in [-0.25, -0.2) is 0 Å². The molecule has 2 N–H and O–H groups in total. The topological polar surface area (TPSA) is 48.9 Å². The van der Waals surface area contributed by atoms with Gasteiger partial charge in [-0.05, 0) is 50.6 Å². The molecule has 0 aromatic heterocycles. The summed E-state index contributed by atoms with van der Waals surface area (Å²) in [6.45, 7) is 12.5. The van der Waals surface area contributed by atoms with E-state index in [0.29, 0.717) is 24.5 Å². The zero-order valence-corrected chi connectivity index (χ0v) is 20.3. The van der Waals surface area contributed by atoms with Crippen molar-refractivity contribution >= 4 is 29.9 Å². The molecule has 5 nitrogen and oxygen atoms in total. The Labute approximate surface area is 188 Å². The lowest BCUT2D eigenvalue weighted by molar-refractivity contribution is 0.0931. The molecule has 0 spiro atoms. The van der Waals surface area contributed by atoms with E-state index in [1.165, 1.54) is 31.5 Å². The quantitative estimate of drug-likeness (QED) is 0.307. The molecule has 6 heteroatoms. The van der Waals surface area contributed by atoms with Crippen LogP contribution in [-0.2, 0) is 11.3 Å². The molecule has 1 aliphatic heterocycles. The minimum atomic E-state index is 0. The molecule has 0 aliphatic carbocycles. The van der Waals surface area contributed by atoms with Gasteiger partial charge in [0.15, 0.2) is 5.96 Å². The summed E-state index contributed by atoms with van der Waals surface area (Å²) >= 11 is 0. The average molecular weight is 502 g/mol. The minimum Gasteiger partial charge on any atom is -0.376 e. The van der Waals surface area contributed by atoms with Gasteiger partial charge in [-0.3, -0.25) is 4.99 Å². The number of halogens is 1. The molecule has 2 rings (SSSR count). The molecule has 0 radical (unpaired) electrons. The lowest BCUT2D eigenvalue weighted by Gasteiger charge is -2.35. The van der Waals surface area contributed by atoms with Crippen molar-refractivity contribution in [2.75, 3.05) is 39.8 Å². The van der Waals surface area contributed by atoms with E-state index in [1.54, 1.807) is 0 Å². The molecule has 28 heavy (non-hydrogen) atoms. The highest BCUT2D eigenvalue weighted by Gasteiger charge is 2.21. The van der Waals surface area contributed by atoms with E-state index < -0.39 is 0 Å². The van der Waals surface area contributed by atoms with Crippen LogP contribution in [0.5, 0.6) is 0 Å². The van der Waals surface area contributed by atoms with E-state index in [9.17, 15) is 0 Å². The summed E-state index contributed by atoms with van der Waals surface area (Å²) in [5.41, 5.74) is 1.22. The summed E-state index contributed by atoms with van der Waals surface area (Å²) < 4.78 is 5.83. The fraction of sp³-hybridized carbons (Fsp3) is 0.682. The number of nitrogens with one attached hydrogen (secondary N) is 2. The predicted octanol–water partition coefficient (Wildman–Crippen LogP) is 3.74. The first-order valence-corrected chi connectivity index (χ1v) is 10.4. The van der Waals surface area contributed by atoms with E-state index >= 15 is 0 Å². The van der Waals surface area contributed by atoms with Gasteiger partial charge in [0.1, 0.15) is 0 Å². The number of nitrogens with zero attached hydrogens (tertiary/aromatic N) is 2. The van der Waals surface area contributed by atoms with Crippen molar-refractivity contribution < 1.29 is 4.74 Å². The molecule has 1 aromatic rings. The van der Waals surface area contributed by atoms with Crippen molar-refractivity contribution in [2.45, 2.75) is 46.3 Å². The van der Waals surface area contributed by atoms with Crippen molar-refractivity contribution in [3.63, 3.8) is 0 Å². The van der Waals surface area contributed by atoms with Crippen LogP contribution in [-0.4, -0.2) is 56.7 Å². The Morgan fingerprint density at radius 1 is 1.21 bits per heavy atom. The largest absolute Gasteiger partial charge is 0.376 e. The van der Waals surface area contributed by atoms with E-state index in [-0.39, 0.29) is 24.0 Å². The second-order valence-electron chi connectivity index (χ2n) is 8.04. The number of guanidine groups is 1. The number of likely N-dealkylation sites (tertiary alicyclic amines) is 1. The number of rotatable bonds is 9. The van der Waals surface area contributed by atoms with Crippen molar-refractivity contribution in [2.24, 2.45) is 16.8 Å². The van der Waals surface area contributed by atoms with Gasteiger partial charge in [-0.2, -0.15) is 0 Å². The van der Waals surface area contributed by atoms with E-state index in [1.807, 2.05) is 25.2 Å². The standard InChI is InChI=1S/C22H38N4O.HI/c1-18(2)26-12-8-11-21(15-26)14-25-22(23-4)24-13-19(3)16-27-17-20-9-6-5-7-10-20;/h5-7,9-10,18-19,21H,8,11-17H2,1-4H3,(H2,23,24,25);1H. The van der Waals surface area contributed by atoms with E-state index in [2.05, 4.69) is 53.4 Å². The van der Waals surface area contributed by atoms with Gasteiger partial charge in [0.2, 0.25) is 0 Å². The van der Waals surface area contributed by atoms with E-state index in [4.69, 9.17) is 4.74 Å². The Balaban J connectivity index is 0.00000392. The van der Waals surface area contributed by atoms with Crippen LogP contribution in [0.15, 0.2) is 35.3 Å². The monoisotopic (exact) mass is 502 g/mol. The fourth-order valence-corrected chi connectivity index (χ4v) is 3.48. The predicted molar refractivity (Wildman–Crippen MR) is 129 cm³/mol. The van der Waals surface area contributed by atoms with Crippen LogP contribution in [0, 0.1) is 11.8 Å². The van der Waals surface area contributed by atoms with Gasteiger partial charge < -0.3 is 20.3 Å². The van der Waals surface area contributed by atoms with Gasteiger partial charge in [0, 0.05) is 32.7 Å². The summed E-state index contributed by atoms with van der Waals surface area (Å²) in [6.07, 6.45) is 2.60. The molecule has 1 aliphatic rings. The van der Waals surface area contributed by atoms with Crippen LogP contribution >= 0.6 is 24.0 Å². The van der Waals surface area contributed by atoms with Gasteiger partial charge in [0.25, 0.3) is 0 Å². The van der Waals surface area contributed by atoms with Crippen molar-refractivity contribution in [1.29, 1.82) is 0 Å². The average Bonchev–Trinajstić information content (AvgIpc) is 2.69. The van der Waals surface area contributed by atoms with Crippen molar-refractivity contribution in [3.8, 4) is 0 Å². The summed E-state index contributed by atoms with van der Waals surface area (Å²) in [7, 11) is 1.84. The van der Waals surface area contributed by atoms with Gasteiger partial charge in [0.05, 0.1) is 13.2 Å². The number of benzene rings is 1. The van der Waals surface area contributed by atoms with E-state index in [0.717, 1.165) is 25.7 Å². The zero-order valence-electron chi connectivity index (χ0n) is 18.0. The third kappa shape index (κ3) is 9.56. The highest BCUT2D eigenvalue weighted by atomic mass is 127. The molecule has 1 aromatic carbocycles. The molecule has 160 valence electrons. The first-order chi connectivity index (χ1) is 13.1. The van der Waals surface area contributed by atoms with Crippen LogP contribution in [0.4, 0.5) is 0 Å². The molecule has 0 amide bonds. The second-order valence-corrected chi connectivity index (χ2v) is 8.04. The molecule has 1 fully saturated rings. The zero-order chi connectivity index (χ0) is 19.5. The highest BCUT2D eigenvalue weighted by molar-refractivity contribution is 14.0. The fourth-order valence-electron chi connectivity index (χ4n) is 3.48. The summed E-state index contributed by atoms with van der Waals surface area (Å²) in [5.74, 6) is 2.02. The maximum atomic E-state index is 5.83. The lowest BCUT2D eigenvalue weighted by atomic mass is 9.97. The SMILES string of the molecule is CN=C(NCC(C)COCc1ccccc1)NCC1CCCN(C(C)C)C1.I. The Morgan fingerprint density at radius 3 is 2.64 bits per heavy atom. The number of piperidine rings is 1. The van der Waals surface area contributed by atoms with Crippen molar-refractivity contribution in [1.82, 2.24) is 15.5 Å². The van der Waals surface area contributed by atoms with Gasteiger partial charge >= 0.3 is 0 Å².